The molecule has 0 bridgehead atoms. The van der Waals surface area contributed by atoms with Crippen LogP contribution in [0.5, 0.6) is 0 Å². The van der Waals surface area contributed by atoms with Gasteiger partial charge in [-0.2, -0.15) is 11.8 Å². The van der Waals surface area contributed by atoms with Crippen molar-refractivity contribution in [3.8, 4) is 0 Å². The van der Waals surface area contributed by atoms with E-state index < -0.39 is 0 Å². The molecule has 176 valence electrons. The first kappa shape index (κ1) is 26.5. The van der Waals surface area contributed by atoms with Crippen molar-refractivity contribution in [3.05, 3.63) is 0 Å². The van der Waals surface area contributed by atoms with E-state index in [-0.39, 0.29) is 34.9 Å². The standard InChI is InChI=1S/C22H42N4O2S.HI/c1-5-23-20(24-15-18-7-6-11-28-19(18)21(2,3)4)25-16-22(8-14-29-17-22)26-9-12-27-13-10-26;/h18-19H,5-17H2,1-4H3,(H2,23,24,25);1H. The number of aliphatic imine (C=N–C) groups is 1. The molecule has 0 amide bonds. The second-order valence-electron chi connectivity index (χ2n) is 9.76. The third-order valence-corrected chi connectivity index (χ3v) is 7.70. The van der Waals surface area contributed by atoms with E-state index in [1.807, 2.05) is 0 Å². The van der Waals surface area contributed by atoms with Crippen molar-refractivity contribution in [1.82, 2.24) is 15.5 Å². The first-order valence-electron chi connectivity index (χ1n) is 11.5. The van der Waals surface area contributed by atoms with E-state index in [1.54, 1.807) is 0 Å². The van der Waals surface area contributed by atoms with Crippen molar-refractivity contribution < 1.29 is 9.47 Å². The van der Waals surface area contributed by atoms with Crippen molar-refractivity contribution in [2.45, 2.75) is 58.6 Å². The number of morpholine rings is 1. The Hall–Kier alpha value is 0.230. The van der Waals surface area contributed by atoms with Crippen LogP contribution in [0.1, 0.15) is 47.0 Å². The summed E-state index contributed by atoms with van der Waals surface area (Å²) in [6.07, 6.45) is 3.91. The highest BCUT2D eigenvalue weighted by Crippen LogP contribution is 2.35. The Morgan fingerprint density at radius 1 is 1.20 bits per heavy atom. The number of hydrogen-bond donors (Lipinski definition) is 2. The normalized spacial score (nSPS) is 31.3. The predicted molar refractivity (Wildman–Crippen MR) is 138 cm³/mol. The summed E-state index contributed by atoms with van der Waals surface area (Å²) in [5, 5.41) is 7.11. The maximum absolute atomic E-state index is 6.16. The third kappa shape index (κ3) is 7.12. The van der Waals surface area contributed by atoms with Gasteiger partial charge in [-0.3, -0.25) is 9.89 Å². The Morgan fingerprint density at radius 2 is 1.97 bits per heavy atom. The van der Waals surface area contributed by atoms with Crippen molar-refractivity contribution in [2.75, 3.05) is 64.1 Å². The van der Waals surface area contributed by atoms with E-state index in [2.05, 4.69) is 55.0 Å². The minimum atomic E-state index is 0. The molecule has 2 N–H and O–H groups in total. The second-order valence-corrected chi connectivity index (χ2v) is 10.9. The number of guanidine groups is 1. The lowest BCUT2D eigenvalue weighted by Gasteiger charge is -2.42. The maximum Gasteiger partial charge on any atom is 0.191 e. The smallest absolute Gasteiger partial charge is 0.191 e. The first-order valence-corrected chi connectivity index (χ1v) is 12.6. The van der Waals surface area contributed by atoms with Gasteiger partial charge in [0, 0.05) is 44.5 Å². The highest BCUT2D eigenvalue weighted by atomic mass is 127. The van der Waals surface area contributed by atoms with Gasteiger partial charge in [0.2, 0.25) is 0 Å². The van der Waals surface area contributed by atoms with Crippen molar-refractivity contribution >= 4 is 41.7 Å². The lowest BCUT2D eigenvalue weighted by Crippen LogP contribution is -2.56. The van der Waals surface area contributed by atoms with E-state index in [0.717, 1.165) is 64.9 Å². The number of rotatable bonds is 6. The topological polar surface area (TPSA) is 58.1 Å². The van der Waals surface area contributed by atoms with Crippen LogP contribution in [-0.2, 0) is 9.47 Å². The van der Waals surface area contributed by atoms with Gasteiger partial charge < -0.3 is 20.1 Å². The molecule has 0 aliphatic carbocycles. The molecule has 0 aromatic heterocycles. The molecule has 3 rings (SSSR count). The average Bonchev–Trinajstić information content (AvgIpc) is 3.20. The molecule has 3 aliphatic heterocycles. The fourth-order valence-electron chi connectivity index (χ4n) is 4.91. The van der Waals surface area contributed by atoms with Crippen molar-refractivity contribution in [3.63, 3.8) is 0 Å². The van der Waals surface area contributed by atoms with Gasteiger partial charge in [0.05, 0.1) is 31.4 Å². The number of hydrogen-bond acceptors (Lipinski definition) is 5. The van der Waals surface area contributed by atoms with Gasteiger partial charge in [-0.05, 0) is 37.4 Å². The number of ether oxygens (including phenoxy) is 2. The average molecular weight is 555 g/mol. The van der Waals surface area contributed by atoms with Crippen LogP contribution in [0, 0.1) is 11.3 Å². The van der Waals surface area contributed by atoms with Crippen LogP contribution in [0.15, 0.2) is 4.99 Å². The molecule has 0 radical (unpaired) electrons. The molecule has 0 saturated carbocycles. The largest absolute Gasteiger partial charge is 0.379 e. The van der Waals surface area contributed by atoms with E-state index in [0.29, 0.717) is 12.0 Å². The molecule has 3 unspecified atom stereocenters. The molecule has 30 heavy (non-hydrogen) atoms. The summed E-state index contributed by atoms with van der Waals surface area (Å²) in [6.45, 7) is 16.3. The lowest BCUT2D eigenvalue weighted by molar-refractivity contribution is -0.0835. The first-order chi connectivity index (χ1) is 13.9. The molecule has 0 spiro atoms. The van der Waals surface area contributed by atoms with Gasteiger partial charge in [0.25, 0.3) is 0 Å². The summed E-state index contributed by atoms with van der Waals surface area (Å²) in [7, 11) is 0. The zero-order chi connectivity index (χ0) is 20.7. The number of nitrogens with zero attached hydrogens (tertiary/aromatic N) is 2. The predicted octanol–water partition coefficient (Wildman–Crippen LogP) is 3.21. The van der Waals surface area contributed by atoms with Gasteiger partial charge in [-0.25, -0.2) is 0 Å². The fourth-order valence-corrected chi connectivity index (χ4v) is 6.38. The van der Waals surface area contributed by atoms with Crippen LogP contribution in [0.3, 0.4) is 0 Å². The molecule has 6 nitrogen and oxygen atoms in total. The van der Waals surface area contributed by atoms with Gasteiger partial charge >= 0.3 is 0 Å². The van der Waals surface area contributed by atoms with Gasteiger partial charge in [0.1, 0.15) is 0 Å². The van der Waals surface area contributed by atoms with E-state index >= 15 is 0 Å². The van der Waals surface area contributed by atoms with Crippen LogP contribution in [0.25, 0.3) is 0 Å². The van der Waals surface area contributed by atoms with E-state index in [4.69, 9.17) is 14.5 Å². The van der Waals surface area contributed by atoms with Crippen LogP contribution < -0.4 is 10.6 Å². The summed E-state index contributed by atoms with van der Waals surface area (Å²) < 4.78 is 11.8. The molecule has 3 fully saturated rings. The summed E-state index contributed by atoms with van der Waals surface area (Å²) in [4.78, 5) is 7.71. The molecule has 8 heteroatoms. The monoisotopic (exact) mass is 554 g/mol. The van der Waals surface area contributed by atoms with Gasteiger partial charge in [-0.15, -0.1) is 24.0 Å². The summed E-state index contributed by atoms with van der Waals surface area (Å²) in [5.41, 5.74) is 0.364. The van der Waals surface area contributed by atoms with Crippen molar-refractivity contribution in [2.24, 2.45) is 16.3 Å². The molecule has 3 heterocycles. The molecule has 3 saturated heterocycles. The molecule has 0 aromatic carbocycles. The van der Waals surface area contributed by atoms with Crippen molar-refractivity contribution in [1.29, 1.82) is 0 Å². The number of halogens is 1. The van der Waals surface area contributed by atoms with Crippen LogP contribution >= 0.6 is 35.7 Å². The van der Waals surface area contributed by atoms with E-state index in [1.165, 1.54) is 24.3 Å². The molecular weight excluding hydrogens is 511 g/mol. The molecule has 3 aliphatic rings. The SMILES string of the molecule is CCNC(=NCC1(N2CCOCC2)CCSC1)NCC1CCCOC1C(C)(C)C.I. The highest BCUT2D eigenvalue weighted by molar-refractivity contribution is 14.0. The van der Waals surface area contributed by atoms with Crippen LogP contribution in [0.4, 0.5) is 0 Å². The minimum absolute atomic E-state index is 0. The highest BCUT2D eigenvalue weighted by Gasteiger charge is 2.41. The summed E-state index contributed by atoms with van der Waals surface area (Å²) >= 11 is 2.07. The van der Waals surface area contributed by atoms with Gasteiger partial charge in [0.15, 0.2) is 5.96 Å². The third-order valence-electron chi connectivity index (χ3n) is 6.47. The fraction of sp³-hybridized carbons (Fsp3) is 0.955. The Bertz CT molecular complexity index is 532. The second kappa shape index (κ2) is 12.5. The Labute approximate surface area is 205 Å². The molecule has 0 aromatic rings. The number of thioether (sulfide) groups is 1. The van der Waals surface area contributed by atoms with E-state index in [9.17, 15) is 0 Å². The van der Waals surface area contributed by atoms with Crippen LogP contribution in [0.2, 0.25) is 0 Å². The van der Waals surface area contributed by atoms with Crippen LogP contribution in [-0.4, -0.2) is 86.6 Å². The maximum atomic E-state index is 6.16. The zero-order valence-corrected chi connectivity index (χ0v) is 22.5. The Kier molecular flexibility index (Phi) is 11.0. The summed E-state index contributed by atoms with van der Waals surface area (Å²) in [6, 6.07) is 0. The minimum Gasteiger partial charge on any atom is -0.379 e. The lowest BCUT2D eigenvalue weighted by atomic mass is 9.78. The Balaban J connectivity index is 0.00000320. The Morgan fingerprint density at radius 3 is 2.60 bits per heavy atom. The molecular formula is C22H43IN4O2S. The van der Waals surface area contributed by atoms with Gasteiger partial charge in [-0.1, -0.05) is 20.8 Å². The summed E-state index contributed by atoms with van der Waals surface area (Å²) in [5.74, 6) is 3.90. The quantitative estimate of drug-likeness (QED) is 0.299. The zero-order valence-electron chi connectivity index (χ0n) is 19.4. The number of nitrogens with one attached hydrogen (secondary N) is 2. The molecule has 3 atom stereocenters.